The van der Waals surface area contributed by atoms with Gasteiger partial charge < -0.3 is 4.98 Å². The van der Waals surface area contributed by atoms with E-state index in [0.717, 1.165) is 11.1 Å². The Morgan fingerprint density at radius 1 is 1.39 bits per heavy atom. The lowest BCUT2D eigenvalue weighted by atomic mass is 10.1. The number of hydrogen-bond donors (Lipinski definition) is 1. The molecule has 18 heavy (non-hydrogen) atoms. The molecule has 0 saturated heterocycles. The van der Waals surface area contributed by atoms with E-state index in [0.29, 0.717) is 6.54 Å². The molecular weight excluding hydrogens is 250 g/mol. The summed E-state index contributed by atoms with van der Waals surface area (Å²) >= 11 is 0. The monoisotopic (exact) mass is 265 g/mol. The molecule has 0 spiro atoms. The number of nitrogens with zero attached hydrogens (tertiary/aromatic N) is 2. The molecule has 0 atom stereocenters. The minimum atomic E-state index is -3.49. The summed E-state index contributed by atoms with van der Waals surface area (Å²) in [6, 6.07) is 7.78. The fourth-order valence-corrected chi connectivity index (χ4v) is 2.76. The standard InChI is InChI=1S/C12H15N3O2S/c1-10-4-3-5-11(6-10)8-15(2)18(16,17)12-7-13-9-14-12/h3-7,9H,8H2,1-2H3,(H,13,14). The Morgan fingerprint density at radius 3 is 2.78 bits per heavy atom. The van der Waals surface area contributed by atoms with Crippen molar-refractivity contribution in [2.45, 2.75) is 18.5 Å². The summed E-state index contributed by atoms with van der Waals surface area (Å²) < 4.78 is 25.6. The fraction of sp³-hybridized carbons (Fsp3) is 0.250. The van der Waals surface area contributed by atoms with Gasteiger partial charge in [0.2, 0.25) is 0 Å². The lowest BCUT2D eigenvalue weighted by Crippen LogP contribution is -2.26. The van der Waals surface area contributed by atoms with E-state index in [1.807, 2.05) is 31.2 Å². The first-order valence-electron chi connectivity index (χ1n) is 5.50. The van der Waals surface area contributed by atoms with Crippen LogP contribution < -0.4 is 0 Å². The van der Waals surface area contributed by atoms with Crippen molar-refractivity contribution >= 4 is 10.0 Å². The second kappa shape index (κ2) is 4.91. The summed E-state index contributed by atoms with van der Waals surface area (Å²) in [4.78, 5) is 6.35. The average Bonchev–Trinajstić information content (AvgIpc) is 2.82. The predicted molar refractivity (Wildman–Crippen MR) is 68.4 cm³/mol. The van der Waals surface area contributed by atoms with Gasteiger partial charge in [0.05, 0.1) is 12.5 Å². The molecule has 0 amide bonds. The smallest absolute Gasteiger partial charge is 0.260 e. The SMILES string of the molecule is Cc1cccc(CN(C)S(=O)(=O)c2cnc[nH]2)c1. The molecule has 6 heteroatoms. The summed E-state index contributed by atoms with van der Waals surface area (Å²) in [5.41, 5.74) is 2.07. The lowest BCUT2D eigenvalue weighted by Gasteiger charge is -2.16. The van der Waals surface area contributed by atoms with Gasteiger partial charge in [-0.1, -0.05) is 29.8 Å². The van der Waals surface area contributed by atoms with Crippen LogP contribution in [-0.2, 0) is 16.6 Å². The summed E-state index contributed by atoms with van der Waals surface area (Å²) in [6.07, 6.45) is 2.66. The first kappa shape index (κ1) is 12.8. The molecule has 0 saturated carbocycles. The zero-order valence-corrected chi connectivity index (χ0v) is 11.1. The van der Waals surface area contributed by atoms with E-state index in [1.165, 1.54) is 16.8 Å². The molecule has 0 aliphatic heterocycles. The van der Waals surface area contributed by atoms with Crippen LogP contribution in [0.2, 0.25) is 0 Å². The topological polar surface area (TPSA) is 66.1 Å². The molecule has 0 radical (unpaired) electrons. The number of benzene rings is 1. The number of aryl methyl sites for hydroxylation is 1. The normalized spacial score (nSPS) is 11.9. The highest BCUT2D eigenvalue weighted by Crippen LogP contribution is 2.14. The number of hydrogen-bond acceptors (Lipinski definition) is 3. The number of aromatic nitrogens is 2. The fourth-order valence-electron chi connectivity index (χ4n) is 1.70. The summed E-state index contributed by atoms with van der Waals surface area (Å²) in [6.45, 7) is 2.32. The van der Waals surface area contributed by atoms with Gasteiger partial charge >= 0.3 is 0 Å². The molecule has 0 aliphatic rings. The van der Waals surface area contributed by atoms with Crippen molar-refractivity contribution < 1.29 is 8.42 Å². The third-order valence-corrected chi connectivity index (χ3v) is 4.38. The summed E-state index contributed by atoms with van der Waals surface area (Å²) in [5.74, 6) is 0. The number of H-pyrrole nitrogens is 1. The third-order valence-electron chi connectivity index (χ3n) is 2.65. The molecule has 0 unspecified atom stereocenters. The minimum absolute atomic E-state index is 0.109. The van der Waals surface area contributed by atoms with E-state index in [-0.39, 0.29) is 5.03 Å². The van der Waals surface area contributed by atoms with Crippen molar-refractivity contribution in [2.75, 3.05) is 7.05 Å². The van der Waals surface area contributed by atoms with E-state index < -0.39 is 10.0 Å². The number of sulfonamides is 1. The highest BCUT2D eigenvalue weighted by atomic mass is 32.2. The van der Waals surface area contributed by atoms with Crippen molar-refractivity contribution in [1.82, 2.24) is 14.3 Å². The van der Waals surface area contributed by atoms with Gasteiger partial charge in [-0.15, -0.1) is 0 Å². The lowest BCUT2D eigenvalue weighted by molar-refractivity contribution is 0.464. The number of rotatable bonds is 4. The average molecular weight is 265 g/mol. The van der Waals surface area contributed by atoms with Crippen LogP contribution in [0.4, 0.5) is 0 Å². The molecule has 2 rings (SSSR count). The first-order chi connectivity index (χ1) is 8.50. The van der Waals surface area contributed by atoms with Crippen LogP contribution in [0.3, 0.4) is 0 Å². The van der Waals surface area contributed by atoms with E-state index >= 15 is 0 Å². The van der Waals surface area contributed by atoms with Crippen molar-refractivity contribution in [1.29, 1.82) is 0 Å². The van der Waals surface area contributed by atoms with Gasteiger partial charge in [-0.25, -0.2) is 13.4 Å². The third kappa shape index (κ3) is 2.60. The van der Waals surface area contributed by atoms with Gasteiger partial charge in [0.25, 0.3) is 10.0 Å². The Kier molecular flexibility index (Phi) is 3.49. The van der Waals surface area contributed by atoms with Crippen molar-refractivity contribution in [3.05, 3.63) is 47.9 Å². The van der Waals surface area contributed by atoms with E-state index in [4.69, 9.17) is 0 Å². The van der Waals surface area contributed by atoms with Crippen LogP contribution in [0.25, 0.3) is 0 Å². The Bertz CT molecular complexity index is 621. The molecule has 5 nitrogen and oxygen atoms in total. The number of imidazole rings is 1. The number of aromatic amines is 1. The summed E-state index contributed by atoms with van der Waals surface area (Å²) in [7, 11) is -1.94. The van der Waals surface area contributed by atoms with E-state index in [1.54, 1.807) is 7.05 Å². The highest BCUT2D eigenvalue weighted by Gasteiger charge is 2.22. The Labute approximate surface area is 107 Å². The predicted octanol–water partition coefficient (Wildman–Crippen LogP) is 1.54. The van der Waals surface area contributed by atoms with Crippen LogP contribution in [0.15, 0.2) is 41.8 Å². The zero-order chi connectivity index (χ0) is 13.2. The molecule has 0 aliphatic carbocycles. The van der Waals surface area contributed by atoms with Crippen molar-refractivity contribution in [3.8, 4) is 0 Å². The molecule has 1 heterocycles. The molecule has 0 bridgehead atoms. The Morgan fingerprint density at radius 2 is 2.17 bits per heavy atom. The number of nitrogens with one attached hydrogen (secondary N) is 1. The van der Waals surface area contributed by atoms with E-state index in [2.05, 4.69) is 9.97 Å². The van der Waals surface area contributed by atoms with Gasteiger partial charge in [0.1, 0.15) is 0 Å². The van der Waals surface area contributed by atoms with Gasteiger partial charge in [0.15, 0.2) is 5.03 Å². The molecule has 2 aromatic rings. The van der Waals surface area contributed by atoms with Gasteiger partial charge in [-0.2, -0.15) is 4.31 Å². The van der Waals surface area contributed by atoms with Gasteiger partial charge in [-0.05, 0) is 12.5 Å². The maximum absolute atomic E-state index is 12.1. The second-order valence-corrected chi connectivity index (χ2v) is 6.18. The van der Waals surface area contributed by atoms with Crippen LogP contribution in [0.5, 0.6) is 0 Å². The molecule has 0 fully saturated rings. The molecular formula is C12H15N3O2S. The molecule has 1 aromatic heterocycles. The Hall–Kier alpha value is -1.66. The second-order valence-electron chi connectivity index (χ2n) is 4.17. The van der Waals surface area contributed by atoms with Crippen LogP contribution in [-0.4, -0.2) is 29.7 Å². The quantitative estimate of drug-likeness (QED) is 0.912. The summed E-state index contributed by atoms with van der Waals surface area (Å²) in [5, 5.41) is 0.109. The van der Waals surface area contributed by atoms with E-state index in [9.17, 15) is 8.42 Å². The van der Waals surface area contributed by atoms with Gasteiger partial charge in [-0.3, -0.25) is 0 Å². The minimum Gasteiger partial charge on any atom is -0.335 e. The van der Waals surface area contributed by atoms with Crippen molar-refractivity contribution in [2.24, 2.45) is 0 Å². The molecule has 96 valence electrons. The van der Waals surface area contributed by atoms with Crippen LogP contribution >= 0.6 is 0 Å². The zero-order valence-electron chi connectivity index (χ0n) is 10.3. The van der Waals surface area contributed by atoms with Gasteiger partial charge in [0, 0.05) is 13.6 Å². The largest absolute Gasteiger partial charge is 0.335 e. The highest BCUT2D eigenvalue weighted by molar-refractivity contribution is 7.89. The first-order valence-corrected chi connectivity index (χ1v) is 6.94. The van der Waals surface area contributed by atoms with Crippen molar-refractivity contribution in [3.63, 3.8) is 0 Å². The molecule has 1 N–H and O–H groups in total. The Balaban J connectivity index is 2.20. The maximum Gasteiger partial charge on any atom is 0.260 e. The maximum atomic E-state index is 12.1. The van der Waals surface area contributed by atoms with Crippen LogP contribution in [0, 0.1) is 6.92 Å². The van der Waals surface area contributed by atoms with Crippen LogP contribution in [0.1, 0.15) is 11.1 Å². The molecule has 1 aromatic carbocycles.